The first-order valence-electron chi connectivity index (χ1n) is 8.06. The van der Waals surface area contributed by atoms with E-state index in [4.69, 9.17) is 5.11 Å². The molecular formula is C16H29N5O. The van der Waals surface area contributed by atoms with Gasteiger partial charge >= 0.3 is 0 Å². The van der Waals surface area contributed by atoms with Gasteiger partial charge in [0.2, 0.25) is 5.95 Å². The van der Waals surface area contributed by atoms with Gasteiger partial charge in [-0.05, 0) is 18.9 Å². The predicted molar refractivity (Wildman–Crippen MR) is 88.9 cm³/mol. The fourth-order valence-corrected chi connectivity index (χ4v) is 2.55. The van der Waals surface area contributed by atoms with Crippen LogP contribution in [0.25, 0.3) is 0 Å². The van der Waals surface area contributed by atoms with Crippen LogP contribution in [-0.4, -0.2) is 66.4 Å². The fourth-order valence-electron chi connectivity index (χ4n) is 2.55. The molecule has 1 saturated heterocycles. The average molecular weight is 307 g/mol. The van der Waals surface area contributed by atoms with Crippen molar-refractivity contribution in [2.24, 2.45) is 5.41 Å². The molecule has 0 spiro atoms. The molecule has 6 heteroatoms. The van der Waals surface area contributed by atoms with Gasteiger partial charge in [0, 0.05) is 63.8 Å². The third-order valence-electron chi connectivity index (χ3n) is 4.20. The van der Waals surface area contributed by atoms with E-state index in [2.05, 4.69) is 46.0 Å². The van der Waals surface area contributed by atoms with Crippen LogP contribution in [0.1, 0.15) is 25.8 Å². The number of aliphatic hydroxyl groups excluding tert-OH is 1. The number of hydrogen-bond acceptors (Lipinski definition) is 6. The van der Waals surface area contributed by atoms with Crippen molar-refractivity contribution < 1.29 is 5.11 Å². The Morgan fingerprint density at radius 2 is 1.82 bits per heavy atom. The number of nitrogens with one attached hydrogen (secondary N) is 1. The minimum absolute atomic E-state index is 0.107. The zero-order chi connectivity index (χ0) is 16.0. The summed E-state index contributed by atoms with van der Waals surface area (Å²) in [5.41, 5.74) is 1.20. The number of aromatic nitrogens is 2. The number of hydrogen-bond donors (Lipinski definition) is 2. The Kier molecular flexibility index (Phi) is 6.11. The normalized spacial score (nSPS) is 17.0. The molecule has 1 aliphatic heterocycles. The van der Waals surface area contributed by atoms with Crippen LogP contribution in [0.4, 0.5) is 5.95 Å². The van der Waals surface area contributed by atoms with Crippen LogP contribution in [0, 0.1) is 5.41 Å². The topological polar surface area (TPSA) is 64.5 Å². The summed E-state index contributed by atoms with van der Waals surface area (Å²) in [4.78, 5) is 13.6. The molecule has 1 aliphatic rings. The number of aliphatic hydroxyl groups is 1. The molecule has 0 aliphatic carbocycles. The summed E-state index contributed by atoms with van der Waals surface area (Å²) in [7, 11) is 2.14. The van der Waals surface area contributed by atoms with Crippen LogP contribution in [-0.2, 0) is 6.54 Å². The van der Waals surface area contributed by atoms with Crippen LogP contribution in [0.5, 0.6) is 0 Å². The summed E-state index contributed by atoms with van der Waals surface area (Å²) in [5, 5.41) is 12.5. The molecular weight excluding hydrogens is 278 g/mol. The van der Waals surface area contributed by atoms with E-state index in [9.17, 15) is 0 Å². The van der Waals surface area contributed by atoms with E-state index in [1.54, 1.807) is 0 Å². The van der Waals surface area contributed by atoms with Crippen molar-refractivity contribution >= 4 is 5.95 Å². The van der Waals surface area contributed by atoms with E-state index in [0.29, 0.717) is 0 Å². The second-order valence-electron chi connectivity index (χ2n) is 6.92. The summed E-state index contributed by atoms with van der Waals surface area (Å²) in [6.07, 6.45) is 4.62. The zero-order valence-electron chi connectivity index (χ0n) is 14.0. The zero-order valence-corrected chi connectivity index (χ0v) is 14.0. The predicted octanol–water partition coefficient (Wildman–Crippen LogP) is 0.727. The molecule has 22 heavy (non-hydrogen) atoms. The van der Waals surface area contributed by atoms with Gasteiger partial charge in [0.15, 0.2) is 0 Å². The number of likely N-dealkylation sites (N-methyl/N-ethyl adjacent to an activating group) is 1. The van der Waals surface area contributed by atoms with Crippen molar-refractivity contribution in [3.63, 3.8) is 0 Å². The molecule has 1 aromatic heterocycles. The lowest BCUT2D eigenvalue weighted by atomic mass is 9.90. The van der Waals surface area contributed by atoms with Gasteiger partial charge in [-0.3, -0.25) is 0 Å². The summed E-state index contributed by atoms with van der Waals surface area (Å²) in [6, 6.07) is 0. The Morgan fingerprint density at radius 1 is 1.18 bits per heavy atom. The van der Waals surface area contributed by atoms with Crippen molar-refractivity contribution in [1.29, 1.82) is 0 Å². The van der Waals surface area contributed by atoms with E-state index in [1.165, 1.54) is 0 Å². The Hall–Kier alpha value is -1.24. The second kappa shape index (κ2) is 7.85. The van der Waals surface area contributed by atoms with Crippen LogP contribution < -0.4 is 10.2 Å². The van der Waals surface area contributed by atoms with E-state index in [1.807, 2.05) is 12.4 Å². The number of anilines is 1. The van der Waals surface area contributed by atoms with E-state index < -0.39 is 0 Å². The molecule has 2 N–H and O–H groups in total. The smallest absolute Gasteiger partial charge is 0.225 e. The molecule has 0 saturated carbocycles. The monoisotopic (exact) mass is 307 g/mol. The van der Waals surface area contributed by atoms with Crippen molar-refractivity contribution in [1.82, 2.24) is 20.2 Å². The highest BCUT2D eigenvalue weighted by Gasteiger charge is 2.17. The Bertz CT molecular complexity index is 440. The Balaban J connectivity index is 1.79. The lowest BCUT2D eigenvalue weighted by Gasteiger charge is -2.32. The fraction of sp³-hybridized carbons (Fsp3) is 0.750. The van der Waals surface area contributed by atoms with E-state index >= 15 is 0 Å². The van der Waals surface area contributed by atoms with E-state index in [-0.39, 0.29) is 12.0 Å². The first kappa shape index (κ1) is 17.1. The van der Waals surface area contributed by atoms with Gasteiger partial charge in [0.25, 0.3) is 0 Å². The second-order valence-corrected chi connectivity index (χ2v) is 6.92. The largest absolute Gasteiger partial charge is 0.396 e. The average Bonchev–Trinajstić information content (AvgIpc) is 2.48. The highest BCUT2D eigenvalue weighted by molar-refractivity contribution is 5.30. The molecule has 6 nitrogen and oxygen atoms in total. The molecule has 2 rings (SSSR count). The maximum Gasteiger partial charge on any atom is 0.225 e. The third kappa shape index (κ3) is 5.19. The Morgan fingerprint density at radius 3 is 2.41 bits per heavy atom. The van der Waals surface area contributed by atoms with Crippen LogP contribution >= 0.6 is 0 Å². The standard InChI is InChI=1S/C16H29N5O/c1-16(2,4-9-22)13-17-10-14-11-18-15(19-12-14)21-7-5-20(3)6-8-21/h11-12,17,22H,4-10,13H2,1-3H3. The summed E-state index contributed by atoms with van der Waals surface area (Å²) < 4.78 is 0. The minimum Gasteiger partial charge on any atom is -0.396 e. The van der Waals surface area contributed by atoms with Crippen molar-refractivity contribution in [3.05, 3.63) is 18.0 Å². The van der Waals surface area contributed by atoms with Gasteiger partial charge in [-0.1, -0.05) is 13.8 Å². The molecule has 1 fully saturated rings. The maximum atomic E-state index is 9.03. The first-order valence-corrected chi connectivity index (χ1v) is 8.06. The first-order chi connectivity index (χ1) is 10.5. The summed E-state index contributed by atoms with van der Waals surface area (Å²) in [5.74, 6) is 0.831. The van der Waals surface area contributed by atoms with Gasteiger partial charge in [-0.2, -0.15) is 0 Å². The molecule has 0 atom stereocenters. The van der Waals surface area contributed by atoms with Crippen molar-refractivity contribution in [2.75, 3.05) is 51.3 Å². The van der Waals surface area contributed by atoms with Gasteiger partial charge in [0.1, 0.15) is 0 Å². The highest BCUT2D eigenvalue weighted by Crippen LogP contribution is 2.18. The van der Waals surface area contributed by atoms with Gasteiger partial charge in [-0.25, -0.2) is 9.97 Å². The van der Waals surface area contributed by atoms with Crippen LogP contribution in [0.15, 0.2) is 12.4 Å². The quantitative estimate of drug-likeness (QED) is 0.774. The number of nitrogens with zero attached hydrogens (tertiary/aromatic N) is 4. The summed E-state index contributed by atoms with van der Waals surface area (Å²) in [6.45, 7) is 10.3. The number of piperazine rings is 1. The molecule has 124 valence electrons. The van der Waals surface area contributed by atoms with Crippen LogP contribution in [0.3, 0.4) is 0 Å². The molecule has 0 amide bonds. The van der Waals surface area contributed by atoms with Crippen LogP contribution in [0.2, 0.25) is 0 Å². The SMILES string of the molecule is CN1CCN(c2ncc(CNCC(C)(C)CCO)cn2)CC1. The van der Waals surface area contributed by atoms with E-state index in [0.717, 1.165) is 57.2 Å². The van der Waals surface area contributed by atoms with Crippen molar-refractivity contribution in [3.8, 4) is 0 Å². The molecule has 0 radical (unpaired) electrons. The lowest BCUT2D eigenvalue weighted by Crippen LogP contribution is -2.45. The number of rotatable bonds is 7. The molecule has 0 unspecified atom stereocenters. The third-order valence-corrected chi connectivity index (χ3v) is 4.20. The Labute approximate surface area is 133 Å². The van der Waals surface area contributed by atoms with Gasteiger partial charge in [-0.15, -0.1) is 0 Å². The molecule has 0 bridgehead atoms. The minimum atomic E-state index is 0.107. The molecule has 2 heterocycles. The van der Waals surface area contributed by atoms with Crippen molar-refractivity contribution in [2.45, 2.75) is 26.8 Å². The molecule has 1 aromatic rings. The maximum absolute atomic E-state index is 9.03. The van der Waals surface area contributed by atoms with Gasteiger partial charge in [0.05, 0.1) is 0 Å². The van der Waals surface area contributed by atoms with Gasteiger partial charge < -0.3 is 20.2 Å². The summed E-state index contributed by atoms with van der Waals surface area (Å²) >= 11 is 0. The highest BCUT2D eigenvalue weighted by atomic mass is 16.3. The molecule has 0 aromatic carbocycles. The lowest BCUT2D eigenvalue weighted by molar-refractivity contribution is 0.207.